The lowest BCUT2D eigenvalue weighted by atomic mass is 9.95. The maximum absolute atomic E-state index is 13.3. The van der Waals surface area contributed by atoms with E-state index in [9.17, 15) is 9.90 Å². The quantitative estimate of drug-likeness (QED) is 0.505. The van der Waals surface area contributed by atoms with E-state index in [1.54, 1.807) is 37.3 Å². The lowest BCUT2D eigenvalue weighted by molar-refractivity contribution is 0.0722. The summed E-state index contributed by atoms with van der Waals surface area (Å²) < 4.78 is 11.7. The molecule has 1 amide bonds. The van der Waals surface area contributed by atoms with Gasteiger partial charge < -0.3 is 19.5 Å². The van der Waals surface area contributed by atoms with Crippen LogP contribution in [-0.4, -0.2) is 53.5 Å². The minimum absolute atomic E-state index is 0.108. The van der Waals surface area contributed by atoms with Crippen molar-refractivity contribution in [1.29, 1.82) is 0 Å². The Labute approximate surface area is 182 Å². The molecule has 1 atom stereocenters. The molecule has 0 bridgehead atoms. The summed E-state index contributed by atoms with van der Waals surface area (Å²) in [6, 6.07) is 12.3. The normalized spacial score (nSPS) is 15.5. The van der Waals surface area contributed by atoms with E-state index in [0.717, 1.165) is 15.6 Å². The van der Waals surface area contributed by atoms with Crippen molar-refractivity contribution in [1.82, 2.24) is 15.1 Å². The number of fused-ring (bicyclic) bond motifs is 1. The van der Waals surface area contributed by atoms with Gasteiger partial charge in [-0.15, -0.1) is 0 Å². The lowest BCUT2D eigenvalue weighted by Gasteiger charge is -2.27. The molecule has 0 saturated heterocycles. The average molecular weight is 472 g/mol. The van der Waals surface area contributed by atoms with Gasteiger partial charge in [-0.1, -0.05) is 28.1 Å². The lowest BCUT2D eigenvalue weighted by Crippen LogP contribution is -2.31. The van der Waals surface area contributed by atoms with Crippen molar-refractivity contribution in [3.8, 4) is 22.8 Å². The number of carbonyl (C=O) groups excluding carboxylic acids is 1. The molecule has 156 valence electrons. The zero-order chi connectivity index (χ0) is 21.3. The van der Waals surface area contributed by atoms with Gasteiger partial charge in [-0.3, -0.25) is 9.89 Å². The molecular formula is C22H22BrN3O4. The summed E-state index contributed by atoms with van der Waals surface area (Å²) in [6.07, 6.45) is 0.693. The second kappa shape index (κ2) is 8.49. The molecule has 0 spiro atoms. The third kappa shape index (κ3) is 3.46. The van der Waals surface area contributed by atoms with Gasteiger partial charge in [0.25, 0.3) is 5.91 Å². The number of H-pyrrole nitrogens is 1. The third-order valence-electron chi connectivity index (χ3n) is 5.26. The molecule has 0 aliphatic carbocycles. The fraction of sp³-hybridized carbons (Fsp3) is 0.273. The average Bonchev–Trinajstić information content (AvgIpc) is 3.28. The number of hydrogen-bond acceptors (Lipinski definition) is 5. The maximum atomic E-state index is 13.3. The van der Waals surface area contributed by atoms with Crippen LogP contribution in [0.5, 0.6) is 11.5 Å². The molecule has 0 radical (unpaired) electrons. The number of methoxy groups -OCH3 is 2. The molecule has 3 aromatic rings. The molecular weight excluding hydrogens is 450 g/mol. The summed E-state index contributed by atoms with van der Waals surface area (Å²) in [5.74, 6) is 0.643. The van der Waals surface area contributed by atoms with Gasteiger partial charge in [0.2, 0.25) is 0 Å². The second-order valence-corrected chi connectivity index (χ2v) is 7.93. The number of hydrogen-bond donors (Lipinski definition) is 2. The van der Waals surface area contributed by atoms with Crippen LogP contribution in [0.25, 0.3) is 11.3 Å². The number of benzene rings is 2. The number of rotatable bonds is 7. The number of aromatic amines is 1. The van der Waals surface area contributed by atoms with E-state index in [2.05, 4.69) is 26.1 Å². The Hall–Kier alpha value is -2.84. The number of aromatic hydroxyl groups is 1. The summed E-state index contributed by atoms with van der Waals surface area (Å²) in [5, 5.41) is 17.7. The Balaban J connectivity index is 1.90. The predicted octanol–water partition coefficient (Wildman–Crippen LogP) is 4.14. The van der Waals surface area contributed by atoms with Gasteiger partial charge in [0, 0.05) is 41.4 Å². The van der Waals surface area contributed by atoms with Gasteiger partial charge in [-0.25, -0.2) is 0 Å². The molecule has 7 nitrogen and oxygen atoms in total. The van der Waals surface area contributed by atoms with Gasteiger partial charge in [0.1, 0.15) is 22.9 Å². The first kappa shape index (κ1) is 20.4. The van der Waals surface area contributed by atoms with Crippen molar-refractivity contribution in [2.24, 2.45) is 0 Å². The molecule has 0 fully saturated rings. The largest absolute Gasteiger partial charge is 0.507 e. The van der Waals surface area contributed by atoms with Crippen LogP contribution in [0, 0.1) is 0 Å². The first-order valence-corrected chi connectivity index (χ1v) is 10.4. The van der Waals surface area contributed by atoms with Gasteiger partial charge in [0.15, 0.2) is 0 Å². The van der Waals surface area contributed by atoms with Crippen LogP contribution < -0.4 is 4.74 Å². The zero-order valence-electron chi connectivity index (χ0n) is 16.7. The van der Waals surface area contributed by atoms with Crippen LogP contribution in [0.15, 0.2) is 46.9 Å². The molecule has 2 aromatic carbocycles. The van der Waals surface area contributed by atoms with Crippen molar-refractivity contribution >= 4 is 21.8 Å². The Morgan fingerprint density at radius 1 is 1.23 bits per heavy atom. The highest BCUT2D eigenvalue weighted by Crippen LogP contribution is 2.47. The summed E-state index contributed by atoms with van der Waals surface area (Å²) >= 11 is 3.53. The molecule has 30 heavy (non-hydrogen) atoms. The van der Waals surface area contributed by atoms with Gasteiger partial charge in [-0.05, 0) is 36.8 Å². The van der Waals surface area contributed by atoms with Crippen LogP contribution in [0.1, 0.15) is 34.1 Å². The SMILES string of the molecule is COCCCN1C(=O)c2[nH]nc(-c3ccccc3O)c2[C@H]1c1cc(Br)ccc1OC. The highest BCUT2D eigenvalue weighted by Gasteiger charge is 2.43. The summed E-state index contributed by atoms with van der Waals surface area (Å²) in [7, 11) is 3.25. The predicted molar refractivity (Wildman–Crippen MR) is 116 cm³/mol. The standard InChI is InChI=1S/C22H22BrN3O4/c1-29-11-5-10-26-21(15-12-13(23)8-9-17(15)30-2)18-19(24-25-20(18)22(26)28)14-6-3-4-7-16(14)27/h3-4,6-9,12,21,27H,5,10-11H2,1-2H3,(H,24,25)/t21-/m1/s1. The summed E-state index contributed by atoms with van der Waals surface area (Å²) in [5.41, 5.74) is 3.13. The summed E-state index contributed by atoms with van der Waals surface area (Å²) in [4.78, 5) is 15.1. The Bertz CT molecular complexity index is 1080. The molecule has 8 heteroatoms. The van der Waals surface area contributed by atoms with Crippen LogP contribution >= 0.6 is 15.9 Å². The number of para-hydroxylation sites is 1. The highest BCUT2D eigenvalue weighted by atomic mass is 79.9. The van der Waals surface area contributed by atoms with Crippen LogP contribution in [0.2, 0.25) is 0 Å². The topological polar surface area (TPSA) is 87.7 Å². The first-order valence-electron chi connectivity index (χ1n) is 9.56. The zero-order valence-corrected chi connectivity index (χ0v) is 18.3. The maximum Gasteiger partial charge on any atom is 0.273 e. The van der Waals surface area contributed by atoms with E-state index in [4.69, 9.17) is 9.47 Å². The fourth-order valence-electron chi connectivity index (χ4n) is 3.93. The third-order valence-corrected chi connectivity index (χ3v) is 5.75. The van der Waals surface area contributed by atoms with E-state index in [0.29, 0.717) is 42.3 Å². The van der Waals surface area contributed by atoms with E-state index >= 15 is 0 Å². The minimum atomic E-state index is -0.412. The van der Waals surface area contributed by atoms with Gasteiger partial charge in [0.05, 0.1) is 13.2 Å². The summed E-state index contributed by atoms with van der Waals surface area (Å²) in [6.45, 7) is 1.06. The molecule has 1 aliphatic rings. The van der Waals surface area contributed by atoms with E-state index in [1.807, 2.05) is 24.3 Å². The number of phenolic OH excluding ortho intramolecular Hbond substituents is 1. The van der Waals surface area contributed by atoms with Gasteiger partial charge in [-0.2, -0.15) is 5.10 Å². The number of nitrogens with zero attached hydrogens (tertiary/aromatic N) is 2. The molecule has 1 aliphatic heterocycles. The van der Waals surface area contributed by atoms with Gasteiger partial charge >= 0.3 is 0 Å². The first-order chi connectivity index (χ1) is 14.6. The monoisotopic (exact) mass is 471 g/mol. The Morgan fingerprint density at radius 2 is 2.03 bits per heavy atom. The Kier molecular flexibility index (Phi) is 5.78. The van der Waals surface area contributed by atoms with Crippen molar-refractivity contribution < 1.29 is 19.4 Å². The van der Waals surface area contributed by atoms with E-state index in [1.165, 1.54) is 0 Å². The smallest absolute Gasteiger partial charge is 0.273 e. The number of nitrogens with one attached hydrogen (secondary N) is 1. The minimum Gasteiger partial charge on any atom is -0.507 e. The number of carbonyl (C=O) groups is 1. The van der Waals surface area contributed by atoms with Crippen LogP contribution in [0.4, 0.5) is 0 Å². The number of ether oxygens (including phenoxy) is 2. The van der Waals surface area contributed by atoms with E-state index in [-0.39, 0.29) is 11.7 Å². The van der Waals surface area contributed by atoms with Crippen LogP contribution in [0.3, 0.4) is 0 Å². The molecule has 0 saturated carbocycles. The molecule has 0 unspecified atom stereocenters. The number of halogens is 1. The van der Waals surface area contributed by atoms with Crippen molar-refractivity contribution in [2.75, 3.05) is 27.4 Å². The number of amides is 1. The number of aromatic nitrogens is 2. The second-order valence-electron chi connectivity index (χ2n) is 7.01. The molecule has 4 rings (SSSR count). The van der Waals surface area contributed by atoms with E-state index < -0.39 is 6.04 Å². The van der Waals surface area contributed by atoms with Crippen LogP contribution in [-0.2, 0) is 4.74 Å². The highest BCUT2D eigenvalue weighted by molar-refractivity contribution is 9.10. The molecule has 2 N–H and O–H groups in total. The van der Waals surface area contributed by atoms with Crippen molar-refractivity contribution in [3.05, 3.63) is 63.8 Å². The molecule has 2 heterocycles. The Morgan fingerprint density at radius 3 is 2.77 bits per heavy atom. The molecule has 1 aromatic heterocycles. The number of phenols is 1. The van der Waals surface area contributed by atoms with Crippen molar-refractivity contribution in [2.45, 2.75) is 12.5 Å². The fourth-order valence-corrected chi connectivity index (χ4v) is 4.31. The van der Waals surface area contributed by atoms with Crippen molar-refractivity contribution in [3.63, 3.8) is 0 Å².